The third-order valence-corrected chi connectivity index (χ3v) is 4.38. The summed E-state index contributed by atoms with van der Waals surface area (Å²) in [6, 6.07) is 16.6. The average molecular weight is 353 g/mol. The highest BCUT2D eigenvalue weighted by atomic mass is 16.1. The van der Waals surface area contributed by atoms with Crippen molar-refractivity contribution in [1.82, 2.24) is 5.32 Å². The van der Waals surface area contributed by atoms with Gasteiger partial charge in [0.1, 0.15) is 0 Å². The minimum absolute atomic E-state index is 0.00396. The molecule has 1 atom stereocenters. The second-order valence-corrected chi connectivity index (χ2v) is 7.70. The lowest BCUT2D eigenvalue weighted by Gasteiger charge is -2.24. The fraction of sp³-hybridized carbons (Fsp3) is 0.364. The van der Waals surface area contributed by atoms with Crippen molar-refractivity contribution in [2.45, 2.75) is 19.3 Å². The van der Waals surface area contributed by atoms with Crippen LogP contribution in [0.15, 0.2) is 54.6 Å². The molecule has 0 aromatic heterocycles. The first-order valence-electron chi connectivity index (χ1n) is 9.06. The Labute approximate surface area is 156 Å². The molecule has 2 aromatic carbocycles. The molecule has 0 heterocycles. The first kappa shape index (κ1) is 19.9. The molecule has 4 heteroatoms. The van der Waals surface area contributed by atoms with E-state index >= 15 is 0 Å². The molecule has 1 N–H and O–H groups in total. The Morgan fingerprint density at radius 3 is 2.27 bits per heavy atom. The molecule has 2 rings (SSSR count). The monoisotopic (exact) mass is 353 g/mol. The molecule has 0 spiro atoms. The lowest BCUT2D eigenvalue weighted by atomic mass is 9.95. The molecule has 1 amide bonds. The van der Waals surface area contributed by atoms with Crippen LogP contribution in [0.3, 0.4) is 0 Å². The smallest absolute Gasteiger partial charge is 0.227 e. The maximum absolute atomic E-state index is 12.6. The molecule has 0 bridgehead atoms. The number of benzene rings is 2. The van der Waals surface area contributed by atoms with Gasteiger partial charge >= 0.3 is 0 Å². The lowest BCUT2D eigenvalue weighted by molar-refractivity contribution is -0.870. The molecule has 26 heavy (non-hydrogen) atoms. The van der Waals surface area contributed by atoms with Crippen LogP contribution in [0.1, 0.15) is 40.7 Å². The number of carbonyl (C=O) groups is 2. The summed E-state index contributed by atoms with van der Waals surface area (Å²) < 4.78 is 0.884. The van der Waals surface area contributed by atoms with Gasteiger partial charge in [-0.3, -0.25) is 9.59 Å². The normalized spacial score (nSPS) is 12.5. The number of rotatable bonds is 8. The van der Waals surface area contributed by atoms with Crippen LogP contribution in [0.25, 0.3) is 0 Å². The third-order valence-electron chi connectivity index (χ3n) is 4.38. The Balaban J connectivity index is 2.00. The number of quaternary nitrogens is 1. The molecule has 138 valence electrons. The van der Waals surface area contributed by atoms with Gasteiger partial charge < -0.3 is 9.80 Å². The minimum Gasteiger partial charge on any atom is -0.355 e. The molecule has 0 radical (unpaired) electrons. The van der Waals surface area contributed by atoms with Gasteiger partial charge in [-0.1, -0.05) is 48.5 Å². The van der Waals surface area contributed by atoms with Crippen LogP contribution in [-0.2, 0) is 4.79 Å². The van der Waals surface area contributed by atoms with E-state index in [1.807, 2.05) is 43.3 Å². The van der Waals surface area contributed by atoms with Crippen molar-refractivity contribution >= 4 is 11.7 Å². The SMILES string of the molecule is CC(C(=O)NCCC[N+](C)(C)C)c1cccc(C(=O)c2ccccc2)c1. The summed E-state index contributed by atoms with van der Waals surface area (Å²) in [4.78, 5) is 25.0. The van der Waals surface area contributed by atoms with E-state index in [1.54, 1.807) is 18.2 Å². The van der Waals surface area contributed by atoms with E-state index in [4.69, 9.17) is 0 Å². The molecule has 0 aliphatic carbocycles. The molecule has 0 fully saturated rings. The van der Waals surface area contributed by atoms with Crippen molar-refractivity contribution in [2.24, 2.45) is 0 Å². The van der Waals surface area contributed by atoms with Crippen LogP contribution in [0.2, 0.25) is 0 Å². The number of hydrogen-bond donors (Lipinski definition) is 1. The molecule has 4 nitrogen and oxygen atoms in total. The Morgan fingerprint density at radius 2 is 1.62 bits per heavy atom. The number of carbonyl (C=O) groups excluding carboxylic acids is 2. The van der Waals surface area contributed by atoms with Gasteiger partial charge in [0.05, 0.1) is 33.6 Å². The summed E-state index contributed by atoms with van der Waals surface area (Å²) in [5.41, 5.74) is 2.12. The zero-order valence-corrected chi connectivity index (χ0v) is 16.2. The Hall–Kier alpha value is -2.46. The van der Waals surface area contributed by atoms with Crippen molar-refractivity contribution < 1.29 is 14.1 Å². The summed E-state index contributed by atoms with van der Waals surface area (Å²) in [6.45, 7) is 3.55. The highest BCUT2D eigenvalue weighted by Crippen LogP contribution is 2.19. The van der Waals surface area contributed by atoms with Crippen LogP contribution in [0, 0.1) is 0 Å². The maximum atomic E-state index is 12.6. The van der Waals surface area contributed by atoms with Crippen LogP contribution in [-0.4, -0.2) is 50.4 Å². The standard InChI is InChI=1S/C22H28N2O2/c1-17(22(26)23-14-9-15-24(2,3)4)19-12-8-13-20(16-19)21(25)18-10-6-5-7-11-18/h5-8,10-13,16-17H,9,14-15H2,1-4H3/p+1. The molecule has 0 aliphatic rings. The van der Waals surface area contributed by atoms with Gasteiger partial charge in [-0.25, -0.2) is 0 Å². The van der Waals surface area contributed by atoms with Gasteiger partial charge in [-0.15, -0.1) is 0 Å². The largest absolute Gasteiger partial charge is 0.355 e. The first-order chi connectivity index (χ1) is 12.3. The lowest BCUT2D eigenvalue weighted by Crippen LogP contribution is -2.38. The average Bonchev–Trinajstić information content (AvgIpc) is 2.64. The second kappa shape index (κ2) is 8.77. The molecule has 0 saturated carbocycles. The summed E-state index contributed by atoms with van der Waals surface area (Å²) in [5, 5.41) is 3.00. The minimum atomic E-state index is -0.289. The van der Waals surface area contributed by atoms with E-state index in [2.05, 4.69) is 26.5 Å². The van der Waals surface area contributed by atoms with Crippen LogP contribution < -0.4 is 5.32 Å². The van der Waals surface area contributed by atoms with Crippen molar-refractivity contribution in [3.8, 4) is 0 Å². The van der Waals surface area contributed by atoms with Crippen molar-refractivity contribution in [3.63, 3.8) is 0 Å². The maximum Gasteiger partial charge on any atom is 0.227 e. The van der Waals surface area contributed by atoms with E-state index in [0.717, 1.165) is 23.0 Å². The fourth-order valence-corrected chi connectivity index (χ4v) is 2.77. The molecular formula is C22H29N2O2+. The Kier molecular flexibility index (Phi) is 6.70. The molecule has 1 unspecified atom stereocenters. The van der Waals surface area contributed by atoms with E-state index in [1.165, 1.54) is 0 Å². The number of amides is 1. The third kappa shape index (κ3) is 5.81. The van der Waals surface area contributed by atoms with Crippen LogP contribution >= 0.6 is 0 Å². The Morgan fingerprint density at radius 1 is 0.962 bits per heavy atom. The zero-order chi connectivity index (χ0) is 19.2. The quantitative estimate of drug-likeness (QED) is 0.450. The van der Waals surface area contributed by atoms with E-state index in [9.17, 15) is 9.59 Å². The first-order valence-corrected chi connectivity index (χ1v) is 9.06. The second-order valence-electron chi connectivity index (χ2n) is 7.70. The number of nitrogens with zero attached hydrogens (tertiary/aromatic N) is 1. The van der Waals surface area contributed by atoms with Crippen LogP contribution in [0.5, 0.6) is 0 Å². The molecule has 0 aliphatic heterocycles. The molecule has 0 saturated heterocycles. The summed E-state index contributed by atoms with van der Waals surface area (Å²) >= 11 is 0. The van der Waals surface area contributed by atoms with Gasteiger partial charge in [-0.05, 0) is 18.6 Å². The van der Waals surface area contributed by atoms with Crippen molar-refractivity contribution in [2.75, 3.05) is 34.2 Å². The van der Waals surface area contributed by atoms with Gasteiger partial charge in [-0.2, -0.15) is 0 Å². The summed E-state index contributed by atoms with van der Waals surface area (Å²) in [6.07, 6.45) is 0.939. The predicted molar refractivity (Wildman–Crippen MR) is 105 cm³/mol. The molecule has 2 aromatic rings. The zero-order valence-electron chi connectivity index (χ0n) is 16.2. The van der Waals surface area contributed by atoms with Gasteiger partial charge in [0.15, 0.2) is 5.78 Å². The predicted octanol–water partition coefficient (Wildman–Crippen LogP) is 3.23. The van der Waals surface area contributed by atoms with E-state index in [0.29, 0.717) is 17.7 Å². The van der Waals surface area contributed by atoms with Gasteiger partial charge in [0, 0.05) is 24.1 Å². The summed E-state index contributed by atoms with van der Waals surface area (Å²) in [7, 11) is 6.42. The molecular weight excluding hydrogens is 324 g/mol. The van der Waals surface area contributed by atoms with Crippen LogP contribution in [0.4, 0.5) is 0 Å². The van der Waals surface area contributed by atoms with Crippen molar-refractivity contribution in [1.29, 1.82) is 0 Å². The highest BCUT2D eigenvalue weighted by molar-refractivity contribution is 6.09. The fourth-order valence-electron chi connectivity index (χ4n) is 2.77. The Bertz CT molecular complexity index is 748. The van der Waals surface area contributed by atoms with E-state index < -0.39 is 0 Å². The summed E-state index contributed by atoms with van der Waals surface area (Å²) in [5.74, 6) is -0.318. The topological polar surface area (TPSA) is 46.2 Å². The number of hydrogen-bond acceptors (Lipinski definition) is 2. The number of nitrogens with one attached hydrogen (secondary N) is 1. The number of ketones is 1. The van der Waals surface area contributed by atoms with Crippen molar-refractivity contribution in [3.05, 3.63) is 71.3 Å². The highest BCUT2D eigenvalue weighted by Gasteiger charge is 2.17. The van der Waals surface area contributed by atoms with Gasteiger partial charge in [0.2, 0.25) is 5.91 Å². The van der Waals surface area contributed by atoms with E-state index in [-0.39, 0.29) is 17.6 Å². The van der Waals surface area contributed by atoms with Gasteiger partial charge in [0.25, 0.3) is 0 Å².